The Morgan fingerprint density at radius 2 is 1.97 bits per heavy atom. The lowest BCUT2D eigenvalue weighted by atomic mass is 10.2. The van der Waals surface area contributed by atoms with Crippen LogP contribution < -0.4 is 10.1 Å². The van der Waals surface area contributed by atoms with Crippen molar-refractivity contribution in [2.75, 3.05) is 7.11 Å². The molecule has 2 heterocycles. The van der Waals surface area contributed by atoms with Gasteiger partial charge in [0.1, 0.15) is 5.75 Å². The first-order valence-corrected chi connectivity index (χ1v) is 11.5. The van der Waals surface area contributed by atoms with Crippen LogP contribution >= 0.6 is 35.0 Å². The van der Waals surface area contributed by atoms with E-state index in [1.165, 1.54) is 31.0 Å². The Morgan fingerprint density at radius 1 is 1.21 bits per heavy atom. The van der Waals surface area contributed by atoms with Crippen LogP contribution in [0.15, 0.2) is 52.4 Å². The van der Waals surface area contributed by atoms with E-state index in [0.29, 0.717) is 37.2 Å². The summed E-state index contributed by atoms with van der Waals surface area (Å²) in [6.45, 7) is 3.75. The maximum Gasteiger partial charge on any atom is 0.271 e. The topological polar surface area (TPSA) is 98.8 Å². The number of methoxy groups -OCH3 is 1. The Bertz CT molecular complexity index is 1400. The molecule has 3 aromatic rings. The number of nitro groups is 1. The summed E-state index contributed by atoms with van der Waals surface area (Å²) >= 11 is 13.4. The fourth-order valence-electron chi connectivity index (χ4n) is 3.58. The van der Waals surface area contributed by atoms with Crippen LogP contribution in [0, 0.1) is 24.0 Å². The first-order chi connectivity index (χ1) is 16.2. The quantitative estimate of drug-likeness (QED) is 0.247. The number of thioether (sulfide) groups is 1. The van der Waals surface area contributed by atoms with Crippen LogP contribution in [0.2, 0.25) is 10.0 Å². The maximum atomic E-state index is 12.6. The van der Waals surface area contributed by atoms with Crippen molar-refractivity contribution in [2.45, 2.75) is 13.8 Å². The molecule has 1 aliphatic rings. The summed E-state index contributed by atoms with van der Waals surface area (Å²) in [4.78, 5) is 28.3. The van der Waals surface area contributed by atoms with Gasteiger partial charge in [0.25, 0.3) is 11.6 Å². The zero-order valence-corrected chi connectivity index (χ0v) is 20.6. The molecule has 0 bridgehead atoms. The average molecular weight is 517 g/mol. The molecule has 0 unspecified atom stereocenters. The Balaban J connectivity index is 1.71. The highest BCUT2D eigenvalue weighted by atomic mass is 35.5. The van der Waals surface area contributed by atoms with Crippen molar-refractivity contribution < 1.29 is 14.5 Å². The number of aliphatic imine (C=N–C) groups is 1. The van der Waals surface area contributed by atoms with Gasteiger partial charge in [-0.05, 0) is 61.5 Å². The van der Waals surface area contributed by atoms with Crippen molar-refractivity contribution in [3.8, 4) is 11.4 Å². The molecule has 0 spiro atoms. The highest BCUT2D eigenvalue weighted by molar-refractivity contribution is 8.18. The number of aromatic nitrogens is 1. The number of hydrogen-bond donors (Lipinski definition) is 1. The standard InChI is InChI=1S/C23H18Cl2N4O4S/c1-12-9-14(13(2)28(12)18-11-15(29(31)32)7-8-19(18)33-3)10-20-22(30)27-23(34-20)26-17-6-4-5-16(24)21(17)25/h4-11H,1-3H3,(H,26,27,30)/b20-10+. The predicted molar refractivity (Wildman–Crippen MR) is 136 cm³/mol. The van der Waals surface area contributed by atoms with Crippen LogP contribution in [0.1, 0.15) is 17.0 Å². The smallest absolute Gasteiger partial charge is 0.271 e. The van der Waals surface area contributed by atoms with Gasteiger partial charge in [-0.15, -0.1) is 0 Å². The zero-order valence-electron chi connectivity index (χ0n) is 18.3. The van der Waals surface area contributed by atoms with Gasteiger partial charge in [-0.1, -0.05) is 29.3 Å². The summed E-state index contributed by atoms with van der Waals surface area (Å²) in [5, 5.41) is 15.1. The van der Waals surface area contributed by atoms with Crippen molar-refractivity contribution in [1.82, 2.24) is 9.88 Å². The van der Waals surface area contributed by atoms with Crippen molar-refractivity contribution >= 4 is 63.5 Å². The molecule has 1 amide bonds. The minimum Gasteiger partial charge on any atom is -0.495 e. The van der Waals surface area contributed by atoms with E-state index in [2.05, 4.69) is 10.3 Å². The van der Waals surface area contributed by atoms with E-state index < -0.39 is 4.92 Å². The molecule has 0 aliphatic carbocycles. The first kappa shape index (κ1) is 23.9. The van der Waals surface area contributed by atoms with E-state index in [0.717, 1.165) is 17.0 Å². The van der Waals surface area contributed by atoms with Crippen molar-refractivity contribution in [1.29, 1.82) is 0 Å². The summed E-state index contributed by atoms with van der Waals surface area (Å²) in [7, 11) is 1.51. The monoisotopic (exact) mass is 516 g/mol. The molecule has 1 N–H and O–H groups in total. The Labute approximate surface area is 209 Å². The summed E-state index contributed by atoms with van der Waals surface area (Å²) < 4.78 is 7.29. The Kier molecular flexibility index (Phi) is 6.70. The lowest BCUT2D eigenvalue weighted by Gasteiger charge is -2.13. The molecule has 34 heavy (non-hydrogen) atoms. The normalized spacial score (nSPS) is 15.7. The van der Waals surface area contributed by atoms with E-state index in [1.54, 1.807) is 30.3 Å². The van der Waals surface area contributed by atoms with Crippen LogP contribution in [0.4, 0.5) is 11.4 Å². The largest absolute Gasteiger partial charge is 0.495 e. The lowest BCUT2D eigenvalue weighted by molar-refractivity contribution is -0.384. The molecule has 0 atom stereocenters. The molecule has 1 aliphatic heterocycles. The van der Waals surface area contributed by atoms with Crippen molar-refractivity contribution in [3.05, 3.63) is 84.5 Å². The Morgan fingerprint density at radius 3 is 2.68 bits per heavy atom. The van der Waals surface area contributed by atoms with Gasteiger partial charge >= 0.3 is 0 Å². The van der Waals surface area contributed by atoms with Gasteiger partial charge in [0, 0.05) is 23.5 Å². The van der Waals surface area contributed by atoms with Gasteiger partial charge in [-0.25, -0.2) is 4.99 Å². The summed E-state index contributed by atoms with van der Waals surface area (Å²) in [5.74, 6) is 0.201. The molecule has 174 valence electrons. The third-order valence-corrected chi connectivity index (χ3v) is 6.89. The summed E-state index contributed by atoms with van der Waals surface area (Å²) in [5.41, 5.74) is 3.35. The van der Waals surface area contributed by atoms with Crippen LogP contribution in [-0.2, 0) is 4.79 Å². The number of halogens is 2. The number of hydrogen-bond acceptors (Lipinski definition) is 6. The zero-order chi connectivity index (χ0) is 24.6. The van der Waals surface area contributed by atoms with E-state index in [1.807, 2.05) is 24.5 Å². The molecule has 1 aromatic heterocycles. The highest BCUT2D eigenvalue weighted by Crippen LogP contribution is 2.36. The Hall–Kier alpha value is -3.27. The van der Waals surface area contributed by atoms with Crippen LogP contribution in [0.3, 0.4) is 0 Å². The summed E-state index contributed by atoms with van der Waals surface area (Å²) in [6.07, 6.45) is 1.75. The number of amidine groups is 1. The number of carbonyl (C=O) groups is 1. The number of non-ortho nitro benzene ring substituents is 1. The first-order valence-electron chi connectivity index (χ1n) is 9.95. The number of nitro benzene ring substituents is 1. The minimum absolute atomic E-state index is 0.0468. The second-order valence-electron chi connectivity index (χ2n) is 7.33. The van der Waals surface area contributed by atoms with Gasteiger partial charge in [0.2, 0.25) is 0 Å². The molecule has 4 rings (SSSR count). The van der Waals surface area contributed by atoms with Crippen LogP contribution in [0.25, 0.3) is 11.8 Å². The fraction of sp³-hybridized carbons (Fsp3) is 0.130. The van der Waals surface area contributed by atoms with E-state index in [9.17, 15) is 14.9 Å². The number of benzene rings is 2. The predicted octanol–water partition coefficient (Wildman–Crippen LogP) is 6.21. The number of rotatable bonds is 5. The number of carbonyl (C=O) groups excluding carboxylic acids is 1. The molecular formula is C23H18Cl2N4O4S. The summed E-state index contributed by atoms with van der Waals surface area (Å²) in [6, 6.07) is 11.4. The molecule has 11 heteroatoms. The number of ether oxygens (including phenoxy) is 1. The van der Waals surface area contributed by atoms with Crippen LogP contribution in [0.5, 0.6) is 5.75 Å². The van der Waals surface area contributed by atoms with E-state index in [-0.39, 0.29) is 11.6 Å². The minimum atomic E-state index is -0.452. The van der Waals surface area contributed by atoms with Gasteiger partial charge in [0.15, 0.2) is 5.17 Å². The van der Waals surface area contributed by atoms with Gasteiger partial charge in [-0.2, -0.15) is 0 Å². The van der Waals surface area contributed by atoms with E-state index >= 15 is 0 Å². The van der Waals surface area contributed by atoms with Crippen molar-refractivity contribution in [3.63, 3.8) is 0 Å². The SMILES string of the molecule is COc1ccc([N+](=O)[O-])cc1-n1c(C)cc(/C=C2/SC(=Nc3cccc(Cl)c3Cl)NC2=O)c1C. The molecule has 0 saturated carbocycles. The third kappa shape index (κ3) is 4.54. The highest BCUT2D eigenvalue weighted by Gasteiger charge is 2.25. The van der Waals surface area contributed by atoms with Gasteiger partial charge < -0.3 is 14.6 Å². The molecule has 0 radical (unpaired) electrons. The fourth-order valence-corrected chi connectivity index (χ4v) is 4.74. The number of amides is 1. The molecule has 1 fully saturated rings. The molecule has 8 nitrogen and oxygen atoms in total. The van der Waals surface area contributed by atoms with Crippen LogP contribution in [-0.4, -0.2) is 27.7 Å². The van der Waals surface area contributed by atoms with Gasteiger partial charge in [0.05, 0.1) is 38.4 Å². The molecule has 2 aromatic carbocycles. The molecule has 1 saturated heterocycles. The van der Waals surface area contributed by atoms with Crippen molar-refractivity contribution in [2.24, 2.45) is 4.99 Å². The lowest BCUT2D eigenvalue weighted by Crippen LogP contribution is -2.19. The number of nitrogens with zero attached hydrogens (tertiary/aromatic N) is 3. The average Bonchev–Trinajstić information content (AvgIpc) is 3.28. The maximum absolute atomic E-state index is 12.6. The molecular weight excluding hydrogens is 499 g/mol. The number of aryl methyl sites for hydroxylation is 1. The second kappa shape index (κ2) is 9.54. The van der Waals surface area contributed by atoms with Gasteiger partial charge in [-0.3, -0.25) is 14.9 Å². The van der Waals surface area contributed by atoms with E-state index in [4.69, 9.17) is 27.9 Å². The second-order valence-corrected chi connectivity index (χ2v) is 9.15. The third-order valence-electron chi connectivity index (χ3n) is 5.18. The number of nitrogens with one attached hydrogen (secondary N) is 1.